The van der Waals surface area contributed by atoms with Crippen molar-refractivity contribution in [1.82, 2.24) is 25.1 Å². The Labute approximate surface area is 156 Å². The largest absolute Gasteiger partial charge is 0.421 e. The molecule has 1 saturated heterocycles. The van der Waals surface area contributed by atoms with Crippen LogP contribution in [0.15, 0.2) is 53.3 Å². The van der Waals surface area contributed by atoms with Crippen LogP contribution in [-0.4, -0.2) is 57.2 Å². The van der Waals surface area contributed by atoms with Crippen molar-refractivity contribution < 1.29 is 9.21 Å². The van der Waals surface area contributed by atoms with Gasteiger partial charge in [-0.3, -0.25) is 9.78 Å². The van der Waals surface area contributed by atoms with Gasteiger partial charge in [0.15, 0.2) is 0 Å². The first kappa shape index (κ1) is 17.1. The lowest BCUT2D eigenvalue weighted by molar-refractivity contribution is -0.131. The molecule has 3 aromatic heterocycles. The molecule has 8 nitrogen and oxygen atoms in total. The summed E-state index contributed by atoms with van der Waals surface area (Å²) in [6.45, 7) is 2.97. The Bertz CT molecular complexity index is 875. The molecule has 1 aliphatic heterocycles. The molecule has 4 rings (SSSR count). The maximum atomic E-state index is 12.5. The number of hydrogen-bond donors (Lipinski definition) is 0. The van der Waals surface area contributed by atoms with Crippen LogP contribution in [0.2, 0.25) is 0 Å². The molecule has 0 atom stereocenters. The molecule has 4 heterocycles. The molecular formula is C19H20N6O2. The normalized spacial score (nSPS) is 14.4. The van der Waals surface area contributed by atoms with E-state index >= 15 is 0 Å². The Morgan fingerprint density at radius 2 is 1.81 bits per heavy atom. The topological polar surface area (TPSA) is 88.2 Å². The molecular weight excluding hydrogens is 344 g/mol. The molecule has 1 amide bonds. The van der Waals surface area contributed by atoms with E-state index in [0.717, 1.165) is 24.5 Å². The lowest BCUT2D eigenvalue weighted by Crippen LogP contribution is -2.49. The van der Waals surface area contributed by atoms with Gasteiger partial charge in [-0.25, -0.2) is 4.98 Å². The highest BCUT2D eigenvalue weighted by atomic mass is 16.4. The van der Waals surface area contributed by atoms with E-state index in [9.17, 15) is 4.79 Å². The molecule has 1 aliphatic rings. The second-order valence-electron chi connectivity index (χ2n) is 6.29. The maximum absolute atomic E-state index is 12.5. The fraction of sp³-hybridized carbons (Fsp3) is 0.316. The fourth-order valence-corrected chi connectivity index (χ4v) is 3.06. The Hall–Kier alpha value is -3.29. The van der Waals surface area contributed by atoms with Gasteiger partial charge in [0.2, 0.25) is 17.7 Å². The highest BCUT2D eigenvalue weighted by Gasteiger charge is 2.22. The van der Waals surface area contributed by atoms with Crippen LogP contribution in [0, 0.1) is 0 Å². The van der Waals surface area contributed by atoms with E-state index in [1.807, 2.05) is 35.2 Å². The van der Waals surface area contributed by atoms with E-state index in [-0.39, 0.29) is 5.91 Å². The number of carbonyl (C=O) groups is 1. The molecule has 1 fully saturated rings. The van der Waals surface area contributed by atoms with E-state index < -0.39 is 0 Å². The average Bonchev–Trinajstić information content (AvgIpc) is 3.22. The van der Waals surface area contributed by atoms with Crippen molar-refractivity contribution in [1.29, 1.82) is 0 Å². The number of aryl methyl sites for hydroxylation is 1. The van der Waals surface area contributed by atoms with Crippen LogP contribution in [-0.2, 0) is 11.2 Å². The molecule has 0 unspecified atom stereocenters. The van der Waals surface area contributed by atoms with Gasteiger partial charge >= 0.3 is 0 Å². The second kappa shape index (κ2) is 7.94. The Kier molecular flexibility index (Phi) is 5.04. The smallest absolute Gasteiger partial charge is 0.247 e. The predicted molar refractivity (Wildman–Crippen MR) is 98.9 cm³/mol. The Balaban J connectivity index is 1.27. The van der Waals surface area contributed by atoms with Crippen molar-refractivity contribution in [2.75, 3.05) is 31.1 Å². The number of nitrogens with zero attached hydrogens (tertiary/aromatic N) is 6. The van der Waals surface area contributed by atoms with E-state index in [1.54, 1.807) is 18.6 Å². The molecule has 3 aromatic rings. The molecule has 8 heteroatoms. The molecule has 0 aliphatic carbocycles. The van der Waals surface area contributed by atoms with Crippen molar-refractivity contribution >= 4 is 11.7 Å². The first-order valence-electron chi connectivity index (χ1n) is 8.96. The minimum absolute atomic E-state index is 0.110. The van der Waals surface area contributed by atoms with Gasteiger partial charge < -0.3 is 14.2 Å². The highest BCUT2D eigenvalue weighted by Crippen LogP contribution is 2.17. The van der Waals surface area contributed by atoms with E-state index in [0.29, 0.717) is 37.7 Å². The van der Waals surface area contributed by atoms with Crippen LogP contribution in [0.5, 0.6) is 0 Å². The number of anilines is 1. The van der Waals surface area contributed by atoms with Crippen LogP contribution in [0.4, 0.5) is 5.82 Å². The second-order valence-corrected chi connectivity index (χ2v) is 6.29. The van der Waals surface area contributed by atoms with Gasteiger partial charge in [0.1, 0.15) is 5.82 Å². The van der Waals surface area contributed by atoms with Crippen LogP contribution < -0.4 is 4.90 Å². The summed E-state index contributed by atoms with van der Waals surface area (Å²) >= 11 is 0. The highest BCUT2D eigenvalue weighted by molar-refractivity contribution is 5.76. The molecule has 0 saturated carbocycles. The summed E-state index contributed by atoms with van der Waals surface area (Å²) in [5.74, 6) is 1.99. The Morgan fingerprint density at radius 1 is 1.00 bits per heavy atom. The summed E-state index contributed by atoms with van der Waals surface area (Å²) in [5, 5.41) is 8.07. The summed E-state index contributed by atoms with van der Waals surface area (Å²) in [6.07, 6.45) is 5.94. The third-order valence-electron chi connectivity index (χ3n) is 4.55. The van der Waals surface area contributed by atoms with E-state index in [1.165, 1.54) is 0 Å². The van der Waals surface area contributed by atoms with E-state index in [2.05, 4.69) is 25.1 Å². The van der Waals surface area contributed by atoms with Gasteiger partial charge in [-0.05, 0) is 24.3 Å². The van der Waals surface area contributed by atoms with Crippen molar-refractivity contribution in [3.8, 4) is 11.5 Å². The van der Waals surface area contributed by atoms with Gasteiger partial charge in [-0.2, -0.15) is 0 Å². The summed E-state index contributed by atoms with van der Waals surface area (Å²) in [7, 11) is 0. The molecule has 0 radical (unpaired) electrons. The summed E-state index contributed by atoms with van der Waals surface area (Å²) in [6, 6.07) is 9.49. The zero-order chi connectivity index (χ0) is 18.5. The standard InChI is InChI=1S/C19H20N6O2/c26-18(25-13-11-24(12-14-25)16-3-1-2-8-21-16)5-4-17-22-23-19(27-17)15-6-9-20-10-7-15/h1-3,6-10H,4-5,11-14H2. The predicted octanol–water partition coefficient (Wildman–Crippen LogP) is 1.81. The molecule has 0 N–H and O–H groups in total. The zero-order valence-electron chi connectivity index (χ0n) is 14.9. The van der Waals surface area contributed by atoms with Crippen LogP contribution in [0.3, 0.4) is 0 Å². The third kappa shape index (κ3) is 4.11. The van der Waals surface area contributed by atoms with Crippen LogP contribution >= 0.6 is 0 Å². The number of pyridine rings is 2. The first-order valence-corrected chi connectivity index (χ1v) is 8.96. The molecule has 138 valence electrons. The lowest BCUT2D eigenvalue weighted by Gasteiger charge is -2.35. The minimum Gasteiger partial charge on any atom is -0.421 e. The quantitative estimate of drug-likeness (QED) is 0.682. The van der Waals surface area contributed by atoms with Crippen LogP contribution in [0.25, 0.3) is 11.5 Å². The van der Waals surface area contributed by atoms with Gasteiger partial charge in [0.05, 0.1) is 0 Å². The van der Waals surface area contributed by atoms with Gasteiger partial charge in [0, 0.05) is 63.2 Å². The van der Waals surface area contributed by atoms with Crippen molar-refractivity contribution in [2.24, 2.45) is 0 Å². The van der Waals surface area contributed by atoms with Crippen LogP contribution in [0.1, 0.15) is 12.3 Å². The maximum Gasteiger partial charge on any atom is 0.247 e. The SMILES string of the molecule is O=C(CCc1nnc(-c2ccncc2)o1)N1CCN(c2ccccn2)CC1. The molecule has 0 spiro atoms. The minimum atomic E-state index is 0.110. The fourth-order valence-electron chi connectivity index (χ4n) is 3.06. The number of amides is 1. The molecule has 0 bridgehead atoms. The van der Waals surface area contributed by atoms with Gasteiger partial charge in [-0.15, -0.1) is 10.2 Å². The van der Waals surface area contributed by atoms with Crippen molar-refractivity contribution in [3.05, 3.63) is 54.8 Å². The summed E-state index contributed by atoms with van der Waals surface area (Å²) in [4.78, 5) is 24.9. The number of hydrogen-bond acceptors (Lipinski definition) is 7. The number of piperazine rings is 1. The third-order valence-corrected chi connectivity index (χ3v) is 4.55. The number of carbonyl (C=O) groups excluding carboxylic acids is 1. The monoisotopic (exact) mass is 364 g/mol. The van der Waals surface area contributed by atoms with E-state index in [4.69, 9.17) is 4.42 Å². The Morgan fingerprint density at radius 3 is 2.56 bits per heavy atom. The van der Waals surface area contributed by atoms with Crippen molar-refractivity contribution in [3.63, 3.8) is 0 Å². The summed E-state index contributed by atoms with van der Waals surface area (Å²) < 4.78 is 5.65. The molecule has 0 aromatic carbocycles. The lowest BCUT2D eigenvalue weighted by atomic mass is 10.2. The summed E-state index contributed by atoms with van der Waals surface area (Å²) in [5.41, 5.74) is 0.820. The zero-order valence-corrected chi connectivity index (χ0v) is 14.9. The van der Waals surface area contributed by atoms with Gasteiger partial charge in [-0.1, -0.05) is 6.07 Å². The average molecular weight is 364 g/mol. The molecule has 27 heavy (non-hydrogen) atoms. The van der Waals surface area contributed by atoms with Gasteiger partial charge in [0.25, 0.3) is 0 Å². The van der Waals surface area contributed by atoms with Crippen molar-refractivity contribution in [2.45, 2.75) is 12.8 Å². The number of aromatic nitrogens is 4. The first-order chi connectivity index (χ1) is 13.3. The number of rotatable bonds is 5.